The molecular formula is C22H17N3O2. The van der Waals surface area contributed by atoms with Crippen LogP contribution in [0.1, 0.15) is 5.56 Å². The standard InChI is InChI=1S/C22H17N3O2/c23-15-17(22(26)27)14-16-6-10-20(11-7-16)25(19-4-2-1-3-5-19)21-12-8-18(24)9-13-21/h1-14H,24H2,(H,26,27)/b17-14+. The zero-order valence-corrected chi connectivity index (χ0v) is 14.4. The normalized spacial score (nSPS) is 10.9. The summed E-state index contributed by atoms with van der Waals surface area (Å²) >= 11 is 0. The van der Waals surface area contributed by atoms with Gasteiger partial charge in [0.15, 0.2) is 0 Å². The van der Waals surface area contributed by atoms with Gasteiger partial charge in [-0.05, 0) is 60.2 Å². The molecule has 0 aromatic heterocycles. The summed E-state index contributed by atoms with van der Waals surface area (Å²) in [6, 6.07) is 26.4. The van der Waals surface area contributed by atoms with Gasteiger partial charge in [-0.25, -0.2) is 4.79 Å². The van der Waals surface area contributed by atoms with Crippen molar-refractivity contribution in [1.82, 2.24) is 0 Å². The van der Waals surface area contributed by atoms with Crippen LogP contribution in [0.15, 0.2) is 84.4 Å². The third-order valence-corrected chi connectivity index (χ3v) is 3.98. The lowest BCUT2D eigenvalue weighted by atomic mass is 10.1. The van der Waals surface area contributed by atoms with E-state index in [2.05, 4.69) is 4.90 Å². The maximum Gasteiger partial charge on any atom is 0.346 e. The monoisotopic (exact) mass is 355 g/mol. The second kappa shape index (κ2) is 7.89. The van der Waals surface area contributed by atoms with Gasteiger partial charge in [0.1, 0.15) is 11.6 Å². The smallest absolute Gasteiger partial charge is 0.346 e. The van der Waals surface area contributed by atoms with Crippen LogP contribution in [0.2, 0.25) is 0 Å². The first kappa shape index (κ1) is 17.8. The van der Waals surface area contributed by atoms with Crippen molar-refractivity contribution < 1.29 is 9.90 Å². The molecular weight excluding hydrogens is 338 g/mol. The Hall–Kier alpha value is -4.04. The summed E-state index contributed by atoms with van der Waals surface area (Å²) in [5, 5.41) is 17.9. The number of benzene rings is 3. The molecule has 27 heavy (non-hydrogen) atoms. The molecule has 0 aliphatic carbocycles. The quantitative estimate of drug-likeness (QED) is 0.392. The topological polar surface area (TPSA) is 90.4 Å². The van der Waals surface area contributed by atoms with Gasteiger partial charge < -0.3 is 15.7 Å². The fourth-order valence-corrected chi connectivity index (χ4v) is 2.68. The van der Waals surface area contributed by atoms with E-state index in [1.807, 2.05) is 66.7 Å². The molecule has 0 bridgehead atoms. The number of hydrogen-bond acceptors (Lipinski definition) is 4. The summed E-state index contributed by atoms with van der Waals surface area (Å²) in [6.45, 7) is 0. The molecule has 3 rings (SSSR count). The number of rotatable bonds is 5. The molecule has 5 nitrogen and oxygen atoms in total. The van der Waals surface area contributed by atoms with E-state index in [0.717, 1.165) is 17.1 Å². The van der Waals surface area contributed by atoms with Crippen LogP contribution in [0, 0.1) is 11.3 Å². The summed E-state index contributed by atoms with van der Waals surface area (Å²) in [6.07, 6.45) is 1.35. The maximum atomic E-state index is 11.0. The van der Waals surface area contributed by atoms with E-state index >= 15 is 0 Å². The summed E-state index contributed by atoms with van der Waals surface area (Å²) in [5.41, 5.74) is 9.66. The van der Waals surface area contributed by atoms with Gasteiger partial charge in [0, 0.05) is 22.7 Å². The number of hydrogen-bond donors (Lipinski definition) is 2. The molecule has 0 spiro atoms. The molecule has 132 valence electrons. The van der Waals surface area contributed by atoms with Crippen LogP contribution < -0.4 is 10.6 Å². The SMILES string of the molecule is N#C/C(=C\c1ccc(N(c2ccccc2)c2ccc(N)cc2)cc1)C(=O)O. The number of carboxylic acids is 1. The molecule has 0 aliphatic heterocycles. The lowest BCUT2D eigenvalue weighted by Crippen LogP contribution is -2.09. The largest absolute Gasteiger partial charge is 0.477 e. The van der Waals surface area contributed by atoms with E-state index in [9.17, 15) is 4.79 Å². The molecule has 0 atom stereocenters. The summed E-state index contributed by atoms with van der Waals surface area (Å²) < 4.78 is 0. The highest BCUT2D eigenvalue weighted by Gasteiger charge is 2.12. The van der Waals surface area contributed by atoms with Crippen molar-refractivity contribution in [1.29, 1.82) is 5.26 Å². The van der Waals surface area contributed by atoms with Gasteiger partial charge in [0.2, 0.25) is 0 Å². The Balaban J connectivity index is 2.02. The van der Waals surface area contributed by atoms with Gasteiger partial charge in [-0.15, -0.1) is 0 Å². The molecule has 0 aliphatic rings. The molecule has 3 aromatic rings. The first-order valence-corrected chi connectivity index (χ1v) is 8.24. The van der Waals surface area contributed by atoms with E-state index in [4.69, 9.17) is 16.1 Å². The lowest BCUT2D eigenvalue weighted by molar-refractivity contribution is -0.132. The van der Waals surface area contributed by atoms with Gasteiger partial charge in [-0.1, -0.05) is 30.3 Å². The van der Waals surface area contributed by atoms with Crippen LogP contribution in [0.25, 0.3) is 6.08 Å². The zero-order valence-electron chi connectivity index (χ0n) is 14.4. The molecule has 3 N–H and O–H groups in total. The number of nitrogens with two attached hydrogens (primary N) is 1. The molecule has 0 amide bonds. The number of anilines is 4. The van der Waals surface area contributed by atoms with Gasteiger partial charge >= 0.3 is 5.97 Å². The highest BCUT2D eigenvalue weighted by molar-refractivity contribution is 5.96. The highest BCUT2D eigenvalue weighted by Crippen LogP contribution is 2.34. The summed E-state index contributed by atoms with van der Waals surface area (Å²) in [4.78, 5) is 13.1. The fourth-order valence-electron chi connectivity index (χ4n) is 2.68. The van der Waals surface area contributed by atoms with Crippen molar-refractivity contribution in [3.8, 4) is 6.07 Å². The van der Waals surface area contributed by atoms with E-state index in [1.165, 1.54) is 6.08 Å². The van der Waals surface area contributed by atoms with Crippen LogP contribution in [0.4, 0.5) is 22.7 Å². The number of carboxylic acid groups (broad SMARTS) is 1. The Labute approximate surface area is 157 Å². The number of para-hydroxylation sites is 1. The average molecular weight is 355 g/mol. The van der Waals surface area contributed by atoms with Crippen molar-refractivity contribution in [2.24, 2.45) is 0 Å². The van der Waals surface area contributed by atoms with Crippen LogP contribution in [0.3, 0.4) is 0 Å². The van der Waals surface area contributed by atoms with Crippen LogP contribution in [0.5, 0.6) is 0 Å². The predicted octanol–water partition coefficient (Wildman–Crippen LogP) is 4.73. The molecule has 0 heterocycles. The predicted molar refractivity (Wildman–Crippen MR) is 107 cm³/mol. The number of aliphatic carboxylic acids is 1. The summed E-state index contributed by atoms with van der Waals surface area (Å²) in [7, 11) is 0. The molecule has 0 radical (unpaired) electrons. The van der Waals surface area contributed by atoms with E-state index in [1.54, 1.807) is 18.2 Å². The van der Waals surface area contributed by atoms with Crippen LogP contribution >= 0.6 is 0 Å². The maximum absolute atomic E-state index is 11.0. The third kappa shape index (κ3) is 4.14. The van der Waals surface area contributed by atoms with Crippen molar-refractivity contribution >= 4 is 34.8 Å². The van der Waals surface area contributed by atoms with Crippen LogP contribution in [-0.2, 0) is 4.79 Å². The van der Waals surface area contributed by atoms with E-state index in [-0.39, 0.29) is 5.57 Å². The highest BCUT2D eigenvalue weighted by atomic mass is 16.4. The van der Waals surface area contributed by atoms with E-state index in [0.29, 0.717) is 11.3 Å². The molecule has 0 fully saturated rings. The number of nitrogen functional groups attached to an aromatic ring is 1. The zero-order chi connectivity index (χ0) is 19.2. The van der Waals surface area contributed by atoms with Gasteiger partial charge in [-0.3, -0.25) is 0 Å². The number of nitrogens with zero attached hydrogens (tertiary/aromatic N) is 2. The minimum absolute atomic E-state index is 0.304. The third-order valence-electron chi connectivity index (χ3n) is 3.98. The molecule has 0 saturated carbocycles. The van der Waals surface area contributed by atoms with Crippen molar-refractivity contribution in [3.05, 3.63) is 90.0 Å². The van der Waals surface area contributed by atoms with Crippen molar-refractivity contribution in [3.63, 3.8) is 0 Å². The molecule has 3 aromatic carbocycles. The average Bonchev–Trinajstić information content (AvgIpc) is 2.69. The summed E-state index contributed by atoms with van der Waals surface area (Å²) in [5.74, 6) is -1.24. The van der Waals surface area contributed by atoms with Crippen molar-refractivity contribution in [2.45, 2.75) is 0 Å². The number of carbonyl (C=O) groups is 1. The Morgan fingerprint density at radius 3 is 1.93 bits per heavy atom. The Morgan fingerprint density at radius 1 is 0.889 bits per heavy atom. The van der Waals surface area contributed by atoms with Gasteiger partial charge in [-0.2, -0.15) is 5.26 Å². The minimum Gasteiger partial charge on any atom is -0.477 e. The lowest BCUT2D eigenvalue weighted by Gasteiger charge is -2.25. The number of nitriles is 1. The minimum atomic E-state index is -1.24. The fraction of sp³-hybridized carbons (Fsp3) is 0. The Morgan fingerprint density at radius 2 is 1.41 bits per heavy atom. The Kier molecular flexibility index (Phi) is 5.20. The molecule has 5 heteroatoms. The second-order valence-electron chi connectivity index (χ2n) is 5.83. The van der Waals surface area contributed by atoms with Crippen LogP contribution in [-0.4, -0.2) is 11.1 Å². The van der Waals surface area contributed by atoms with Gasteiger partial charge in [0.25, 0.3) is 0 Å². The first-order valence-electron chi connectivity index (χ1n) is 8.24. The van der Waals surface area contributed by atoms with Gasteiger partial charge in [0.05, 0.1) is 0 Å². The van der Waals surface area contributed by atoms with E-state index < -0.39 is 5.97 Å². The molecule has 0 unspecified atom stereocenters. The van der Waals surface area contributed by atoms with Crippen molar-refractivity contribution in [2.75, 3.05) is 10.6 Å². The second-order valence-corrected chi connectivity index (χ2v) is 5.83. The Bertz CT molecular complexity index is 1000. The first-order chi connectivity index (χ1) is 13.1. The molecule has 0 saturated heterocycles.